The summed E-state index contributed by atoms with van der Waals surface area (Å²) in [5.41, 5.74) is 4.94. The van der Waals surface area contributed by atoms with Gasteiger partial charge in [-0.1, -0.05) is 58.6 Å². The van der Waals surface area contributed by atoms with Crippen molar-refractivity contribution >= 4 is 23.2 Å². The van der Waals surface area contributed by atoms with Crippen LogP contribution in [0, 0.1) is 13.8 Å². The van der Waals surface area contributed by atoms with Crippen LogP contribution in [0.4, 0.5) is 0 Å². The Morgan fingerprint density at radius 3 is 2.05 bits per heavy atom. The van der Waals surface area contributed by atoms with E-state index in [1.54, 1.807) is 6.07 Å². The predicted octanol–water partition coefficient (Wildman–Crippen LogP) is 6.02. The molecule has 21 heavy (non-hydrogen) atoms. The largest absolute Gasteiger partial charge is 0.304 e. The monoisotopic (exact) mass is 321 g/mol. The molecule has 2 aromatic carbocycles. The van der Waals surface area contributed by atoms with Crippen molar-refractivity contribution in [2.75, 3.05) is 0 Å². The standard InChI is InChI=1S/C18H21Cl2N/c1-11-7-12(2)9-15(8-11)13(3)21-14(4)17-6-5-16(19)10-18(17)20/h5-10,13-14,21H,1-4H3. The summed E-state index contributed by atoms with van der Waals surface area (Å²) in [5.74, 6) is 0. The Morgan fingerprint density at radius 2 is 1.48 bits per heavy atom. The van der Waals surface area contributed by atoms with Gasteiger partial charge in [0.15, 0.2) is 0 Å². The third-order valence-electron chi connectivity index (χ3n) is 3.67. The summed E-state index contributed by atoms with van der Waals surface area (Å²) in [6, 6.07) is 12.7. The van der Waals surface area contributed by atoms with Gasteiger partial charge in [0.25, 0.3) is 0 Å². The van der Waals surface area contributed by atoms with Crippen LogP contribution in [0.1, 0.15) is 48.2 Å². The maximum Gasteiger partial charge on any atom is 0.0468 e. The highest BCUT2D eigenvalue weighted by Gasteiger charge is 2.14. The number of aryl methyl sites for hydroxylation is 2. The van der Waals surface area contributed by atoms with Gasteiger partial charge in [0.05, 0.1) is 0 Å². The highest BCUT2D eigenvalue weighted by Crippen LogP contribution is 2.28. The average molecular weight is 322 g/mol. The van der Waals surface area contributed by atoms with Crippen LogP contribution < -0.4 is 5.32 Å². The number of hydrogen-bond donors (Lipinski definition) is 1. The maximum absolute atomic E-state index is 6.28. The van der Waals surface area contributed by atoms with Gasteiger partial charge in [-0.3, -0.25) is 0 Å². The highest BCUT2D eigenvalue weighted by atomic mass is 35.5. The minimum Gasteiger partial charge on any atom is -0.304 e. The second-order valence-corrected chi connectivity index (χ2v) is 6.54. The molecule has 1 N–H and O–H groups in total. The summed E-state index contributed by atoms with van der Waals surface area (Å²) >= 11 is 12.2. The van der Waals surface area contributed by atoms with E-state index in [9.17, 15) is 0 Å². The molecule has 0 saturated carbocycles. The molecule has 112 valence electrons. The second kappa shape index (κ2) is 6.83. The van der Waals surface area contributed by atoms with Crippen molar-refractivity contribution in [2.24, 2.45) is 0 Å². The lowest BCUT2D eigenvalue weighted by molar-refractivity contribution is 0.494. The fourth-order valence-electron chi connectivity index (χ4n) is 2.67. The van der Waals surface area contributed by atoms with Crippen molar-refractivity contribution in [1.29, 1.82) is 0 Å². The van der Waals surface area contributed by atoms with Crippen LogP contribution in [0.3, 0.4) is 0 Å². The zero-order valence-corrected chi connectivity index (χ0v) is 14.4. The lowest BCUT2D eigenvalue weighted by Crippen LogP contribution is -2.22. The van der Waals surface area contributed by atoms with Gasteiger partial charge in [-0.15, -0.1) is 0 Å². The SMILES string of the molecule is Cc1cc(C)cc(C(C)NC(C)c2ccc(Cl)cc2Cl)c1. The van der Waals surface area contributed by atoms with Gasteiger partial charge in [-0.25, -0.2) is 0 Å². The van der Waals surface area contributed by atoms with Gasteiger partial charge in [0.1, 0.15) is 0 Å². The quantitative estimate of drug-likeness (QED) is 0.725. The molecule has 0 amide bonds. The van der Waals surface area contributed by atoms with E-state index in [2.05, 4.69) is 51.2 Å². The summed E-state index contributed by atoms with van der Waals surface area (Å²) in [6.45, 7) is 8.55. The molecule has 0 bridgehead atoms. The topological polar surface area (TPSA) is 12.0 Å². The molecule has 1 nitrogen and oxygen atoms in total. The molecular formula is C18H21Cl2N. The molecule has 0 aliphatic carbocycles. The number of nitrogens with one attached hydrogen (secondary N) is 1. The Labute approximate surface area is 137 Å². The lowest BCUT2D eigenvalue weighted by atomic mass is 10.0. The first-order valence-electron chi connectivity index (χ1n) is 7.16. The molecule has 0 fully saturated rings. The Balaban J connectivity index is 2.16. The molecule has 3 heteroatoms. The predicted molar refractivity (Wildman–Crippen MR) is 92.3 cm³/mol. The summed E-state index contributed by atoms with van der Waals surface area (Å²) in [4.78, 5) is 0. The van der Waals surface area contributed by atoms with E-state index in [1.165, 1.54) is 16.7 Å². The van der Waals surface area contributed by atoms with Crippen LogP contribution in [0.2, 0.25) is 10.0 Å². The zero-order chi connectivity index (χ0) is 15.6. The molecule has 0 heterocycles. The molecular weight excluding hydrogens is 301 g/mol. The third kappa shape index (κ3) is 4.23. The minimum absolute atomic E-state index is 0.158. The van der Waals surface area contributed by atoms with E-state index in [1.807, 2.05) is 12.1 Å². The van der Waals surface area contributed by atoms with Gasteiger partial charge in [-0.2, -0.15) is 0 Å². The third-order valence-corrected chi connectivity index (χ3v) is 4.24. The van der Waals surface area contributed by atoms with Crippen molar-refractivity contribution in [3.63, 3.8) is 0 Å². The average Bonchev–Trinajstić information content (AvgIpc) is 2.37. The fraction of sp³-hybridized carbons (Fsp3) is 0.333. The van der Waals surface area contributed by atoms with Crippen LogP contribution in [0.15, 0.2) is 36.4 Å². The molecule has 2 unspecified atom stereocenters. The van der Waals surface area contributed by atoms with E-state index in [-0.39, 0.29) is 12.1 Å². The van der Waals surface area contributed by atoms with Crippen molar-refractivity contribution in [2.45, 2.75) is 39.8 Å². The van der Waals surface area contributed by atoms with Gasteiger partial charge in [-0.05, 0) is 51.0 Å². The Kier molecular flexibility index (Phi) is 5.32. The molecule has 0 aromatic heterocycles. The fourth-order valence-corrected chi connectivity index (χ4v) is 3.25. The molecule has 2 rings (SSSR count). The first kappa shape index (κ1) is 16.4. The lowest BCUT2D eigenvalue weighted by Gasteiger charge is -2.22. The first-order chi connectivity index (χ1) is 9.86. The molecule has 0 aliphatic heterocycles. The van der Waals surface area contributed by atoms with Crippen LogP contribution in [-0.4, -0.2) is 0 Å². The van der Waals surface area contributed by atoms with E-state index in [0.717, 1.165) is 5.56 Å². The Hall–Kier alpha value is -1.02. The van der Waals surface area contributed by atoms with Crippen LogP contribution in [-0.2, 0) is 0 Å². The highest BCUT2D eigenvalue weighted by molar-refractivity contribution is 6.35. The number of halogens is 2. The van der Waals surface area contributed by atoms with Crippen LogP contribution in [0.25, 0.3) is 0 Å². The minimum atomic E-state index is 0.158. The summed E-state index contributed by atoms with van der Waals surface area (Å²) in [6.07, 6.45) is 0. The number of rotatable bonds is 4. The van der Waals surface area contributed by atoms with Crippen molar-refractivity contribution < 1.29 is 0 Å². The zero-order valence-electron chi connectivity index (χ0n) is 12.9. The van der Waals surface area contributed by atoms with E-state index < -0.39 is 0 Å². The number of benzene rings is 2. The van der Waals surface area contributed by atoms with E-state index in [0.29, 0.717) is 10.0 Å². The van der Waals surface area contributed by atoms with Gasteiger partial charge >= 0.3 is 0 Å². The smallest absolute Gasteiger partial charge is 0.0468 e. The molecule has 0 spiro atoms. The molecule has 0 radical (unpaired) electrons. The summed E-state index contributed by atoms with van der Waals surface area (Å²) in [7, 11) is 0. The van der Waals surface area contributed by atoms with Crippen LogP contribution in [0.5, 0.6) is 0 Å². The Bertz CT molecular complexity index is 617. The summed E-state index contributed by atoms with van der Waals surface area (Å²) in [5, 5.41) is 4.97. The molecule has 2 aromatic rings. The molecule has 0 saturated heterocycles. The first-order valence-corrected chi connectivity index (χ1v) is 7.91. The molecule has 2 atom stereocenters. The van der Waals surface area contributed by atoms with Crippen LogP contribution >= 0.6 is 23.2 Å². The second-order valence-electron chi connectivity index (χ2n) is 5.70. The normalized spacial score (nSPS) is 14.0. The summed E-state index contributed by atoms with van der Waals surface area (Å²) < 4.78 is 0. The van der Waals surface area contributed by atoms with Gasteiger partial charge in [0.2, 0.25) is 0 Å². The van der Waals surface area contributed by atoms with Crippen molar-refractivity contribution in [1.82, 2.24) is 5.32 Å². The van der Waals surface area contributed by atoms with Gasteiger partial charge < -0.3 is 5.32 Å². The van der Waals surface area contributed by atoms with Gasteiger partial charge in [0, 0.05) is 22.1 Å². The molecule has 0 aliphatic rings. The maximum atomic E-state index is 6.28. The number of hydrogen-bond acceptors (Lipinski definition) is 1. The van der Waals surface area contributed by atoms with Crippen molar-refractivity contribution in [3.05, 3.63) is 68.7 Å². The van der Waals surface area contributed by atoms with E-state index in [4.69, 9.17) is 23.2 Å². The van der Waals surface area contributed by atoms with E-state index >= 15 is 0 Å². The Morgan fingerprint density at radius 1 is 0.857 bits per heavy atom. The van der Waals surface area contributed by atoms with Crippen molar-refractivity contribution in [3.8, 4) is 0 Å².